The minimum Gasteiger partial charge on any atom is -0.485 e. The smallest absolute Gasteiger partial charge is 0.422 e. The van der Waals surface area contributed by atoms with Crippen molar-refractivity contribution in [2.45, 2.75) is 18.1 Å². The van der Waals surface area contributed by atoms with Crippen LogP contribution in [0.2, 0.25) is 0 Å². The molecule has 4 rings (SSSR count). The number of ether oxygens (including phenoxy) is 1. The number of amides is 2. The molecule has 2 aliphatic rings. The average Bonchev–Trinajstić information content (AvgIpc) is 3.35. The van der Waals surface area contributed by atoms with Crippen LogP contribution in [-0.4, -0.2) is 89.4 Å². The lowest BCUT2D eigenvalue weighted by molar-refractivity contribution is -0.168. The van der Waals surface area contributed by atoms with Gasteiger partial charge in [-0.2, -0.15) is 13.2 Å². The molecule has 0 aromatic carbocycles. The Morgan fingerprint density at radius 2 is 1.95 bits per heavy atom. The molecule has 1 fully saturated rings. The maximum Gasteiger partial charge on any atom is 0.422 e. The first kappa shape index (κ1) is 29.5. The van der Waals surface area contributed by atoms with Gasteiger partial charge >= 0.3 is 6.18 Å². The summed E-state index contributed by atoms with van der Waals surface area (Å²) in [6.07, 6.45) is 0.782. The third kappa shape index (κ3) is 7.07. The highest BCUT2D eigenvalue weighted by atomic mass is 35.5. The summed E-state index contributed by atoms with van der Waals surface area (Å²) in [6, 6.07) is 3.46. The molecular weight excluding hydrogens is 547 g/mol. The number of hydrogen-bond donors (Lipinski definition) is 2. The van der Waals surface area contributed by atoms with Crippen LogP contribution >= 0.6 is 23.7 Å². The number of alkyl halides is 3. The summed E-state index contributed by atoms with van der Waals surface area (Å²) in [5, 5.41) is 11.8. The number of nitrogens with zero attached hydrogens (tertiary/aromatic N) is 5. The quantitative estimate of drug-likeness (QED) is 0.490. The Balaban J connectivity index is 0.00000400. The molecule has 38 heavy (non-hydrogen) atoms. The van der Waals surface area contributed by atoms with Crippen molar-refractivity contribution in [2.24, 2.45) is 5.73 Å². The number of rotatable bonds is 8. The lowest BCUT2D eigenvalue weighted by Crippen LogP contribution is -2.54. The van der Waals surface area contributed by atoms with Gasteiger partial charge in [-0.1, -0.05) is 17.4 Å². The number of carbonyl (C=O) groups excluding carboxylic acids is 2. The molecule has 206 valence electrons. The Morgan fingerprint density at radius 1 is 1.21 bits per heavy atom. The van der Waals surface area contributed by atoms with E-state index in [-0.39, 0.29) is 41.7 Å². The SMILES string of the molecule is CN1CCN(CC(=O)NC2(c3nnc(-c4cccnc4)s3)CC(C(N)=O)=CC=C2OCC(F)(F)F)CC1.Cl. The van der Waals surface area contributed by atoms with E-state index in [9.17, 15) is 22.8 Å². The number of carbonyl (C=O) groups is 2. The minimum atomic E-state index is -4.63. The number of nitrogens with two attached hydrogens (primary N) is 1. The predicted octanol–water partition coefficient (Wildman–Crippen LogP) is 1.86. The summed E-state index contributed by atoms with van der Waals surface area (Å²) >= 11 is 1.05. The Hall–Kier alpha value is -3.07. The first-order valence-corrected chi connectivity index (χ1v) is 12.2. The summed E-state index contributed by atoms with van der Waals surface area (Å²) in [5.74, 6) is -1.45. The van der Waals surface area contributed by atoms with Gasteiger partial charge in [0, 0.05) is 56.1 Å². The Morgan fingerprint density at radius 3 is 2.58 bits per heavy atom. The maximum absolute atomic E-state index is 13.3. The number of hydrogen-bond acceptors (Lipinski definition) is 9. The van der Waals surface area contributed by atoms with Crippen LogP contribution in [0.1, 0.15) is 11.4 Å². The average molecular weight is 574 g/mol. The van der Waals surface area contributed by atoms with E-state index >= 15 is 0 Å². The van der Waals surface area contributed by atoms with Crippen molar-refractivity contribution in [3.8, 4) is 10.6 Å². The van der Waals surface area contributed by atoms with E-state index < -0.39 is 30.1 Å². The van der Waals surface area contributed by atoms with Crippen molar-refractivity contribution < 1.29 is 27.5 Å². The zero-order chi connectivity index (χ0) is 26.6. The first-order valence-electron chi connectivity index (χ1n) is 11.4. The van der Waals surface area contributed by atoms with Gasteiger partial charge in [-0.25, -0.2) is 0 Å². The minimum absolute atomic E-state index is 0. The molecule has 0 radical (unpaired) electrons. The molecule has 3 N–H and O–H groups in total. The van der Waals surface area contributed by atoms with E-state index in [1.54, 1.807) is 24.5 Å². The van der Waals surface area contributed by atoms with Gasteiger partial charge < -0.3 is 20.7 Å². The van der Waals surface area contributed by atoms with E-state index in [1.165, 1.54) is 12.2 Å². The van der Waals surface area contributed by atoms with Crippen LogP contribution in [0.25, 0.3) is 10.6 Å². The molecule has 1 unspecified atom stereocenters. The van der Waals surface area contributed by atoms with Gasteiger partial charge in [0.2, 0.25) is 11.8 Å². The van der Waals surface area contributed by atoms with Crippen LogP contribution in [0, 0.1) is 0 Å². The lowest BCUT2D eigenvalue weighted by atomic mass is 9.84. The molecule has 0 spiro atoms. The molecule has 1 saturated heterocycles. The fourth-order valence-corrected chi connectivity index (χ4v) is 5.06. The van der Waals surface area contributed by atoms with Crippen LogP contribution in [0.5, 0.6) is 0 Å². The number of aromatic nitrogens is 3. The van der Waals surface area contributed by atoms with Gasteiger partial charge in [-0.15, -0.1) is 22.6 Å². The van der Waals surface area contributed by atoms with Crippen molar-refractivity contribution in [3.63, 3.8) is 0 Å². The van der Waals surface area contributed by atoms with E-state index in [2.05, 4.69) is 25.4 Å². The first-order chi connectivity index (χ1) is 17.6. The number of allylic oxidation sites excluding steroid dienone is 2. The second-order valence-corrected chi connectivity index (χ2v) is 9.83. The second-order valence-electron chi connectivity index (χ2n) is 8.85. The van der Waals surface area contributed by atoms with Gasteiger partial charge in [0.25, 0.3) is 0 Å². The van der Waals surface area contributed by atoms with Gasteiger partial charge in [0.15, 0.2) is 17.2 Å². The zero-order valence-electron chi connectivity index (χ0n) is 20.4. The molecule has 2 amide bonds. The second kappa shape index (κ2) is 12.2. The zero-order valence-corrected chi connectivity index (χ0v) is 22.0. The number of likely N-dealkylation sites (N-methyl/N-ethyl adjacent to an activating group) is 1. The summed E-state index contributed by atoms with van der Waals surface area (Å²) in [6.45, 7) is 1.27. The van der Waals surface area contributed by atoms with Crippen LogP contribution in [-0.2, 0) is 19.9 Å². The van der Waals surface area contributed by atoms with Crippen LogP contribution in [0.3, 0.4) is 0 Å². The van der Waals surface area contributed by atoms with E-state index in [4.69, 9.17) is 10.5 Å². The summed E-state index contributed by atoms with van der Waals surface area (Å²) in [7, 11) is 1.98. The molecule has 3 heterocycles. The molecule has 10 nitrogen and oxygen atoms in total. The highest BCUT2D eigenvalue weighted by molar-refractivity contribution is 7.14. The van der Waals surface area contributed by atoms with Crippen molar-refractivity contribution in [3.05, 3.63) is 53.0 Å². The van der Waals surface area contributed by atoms with Crippen molar-refractivity contribution >= 4 is 35.6 Å². The Kier molecular flexibility index (Phi) is 9.46. The van der Waals surface area contributed by atoms with Crippen LogP contribution in [0.4, 0.5) is 13.2 Å². The van der Waals surface area contributed by atoms with Gasteiger partial charge in [-0.05, 0) is 25.3 Å². The fourth-order valence-electron chi connectivity index (χ4n) is 4.08. The van der Waals surface area contributed by atoms with E-state index in [1.807, 2.05) is 11.9 Å². The predicted molar refractivity (Wildman–Crippen MR) is 136 cm³/mol. The van der Waals surface area contributed by atoms with Crippen LogP contribution < -0.4 is 11.1 Å². The van der Waals surface area contributed by atoms with E-state index in [0.717, 1.165) is 24.4 Å². The summed E-state index contributed by atoms with van der Waals surface area (Å²) in [5.41, 5.74) is 4.53. The maximum atomic E-state index is 13.3. The monoisotopic (exact) mass is 573 g/mol. The highest BCUT2D eigenvalue weighted by Gasteiger charge is 2.47. The topological polar surface area (TPSA) is 127 Å². The third-order valence-corrected chi connectivity index (χ3v) is 7.17. The van der Waals surface area contributed by atoms with Gasteiger partial charge in [0.05, 0.1) is 6.54 Å². The number of nitrogens with one attached hydrogen (secondary N) is 1. The van der Waals surface area contributed by atoms with Crippen LogP contribution in [0.15, 0.2) is 48.0 Å². The van der Waals surface area contributed by atoms with Gasteiger partial charge in [-0.3, -0.25) is 19.5 Å². The van der Waals surface area contributed by atoms with Crippen molar-refractivity contribution in [1.29, 1.82) is 0 Å². The summed E-state index contributed by atoms with van der Waals surface area (Å²) in [4.78, 5) is 33.5. The molecule has 0 saturated carbocycles. The molecule has 2 aromatic heterocycles. The van der Waals surface area contributed by atoms with Crippen molar-refractivity contribution in [1.82, 2.24) is 30.3 Å². The molecule has 1 atom stereocenters. The molecule has 15 heteroatoms. The standard InChI is InChI=1S/C23H26F3N7O3S.ClH/c1-32-7-9-33(10-8-32)13-18(34)29-22(21-31-30-20(37-21)16-3-2-6-28-12-16)11-15(19(27)35)4-5-17(22)36-14-23(24,25)26;/h2-6,12H,7-11,13-14H2,1H3,(H2,27,35)(H,29,34);1H. The molecule has 1 aliphatic carbocycles. The van der Waals surface area contributed by atoms with E-state index in [0.29, 0.717) is 23.7 Å². The molecule has 2 aromatic rings. The van der Waals surface area contributed by atoms with Crippen molar-refractivity contribution in [2.75, 3.05) is 46.4 Å². The molecule has 1 aliphatic heterocycles. The molecular formula is C23H27ClF3N7O3S. The normalized spacial score (nSPS) is 20.6. The number of primary amides is 1. The lowest BCUT2D eigenvalue weighted by Gasteiger charge is -2.38. The summed E-state index contributed by atoms with van der Waals surface area (Å²) < 4.78 is 44.6. The van der Waals surface area contributed by atoms with Gasteiger partial charge in [0.1, 0.15) is 10.8 Å². The molecule has 0 bridgehead atoms. The Labute approximate surface area is 227 Å². The Bertz CT molecular complexity index is 1200. The number of pyridine rings is 1. The fraction of sp³-hybridized carbons (Fsp3) is 0.435. The third-order valence-electron chi connectivity index (χ3n) is 6.03. The largest absolute Gasteiger partial charge is 0.485 e. The number of halogens is 4. The highest BCUT2D eigenvalue weighted by Crippen LogP contribution is 2.42. The number of piperazine rings is 1.